The van der Waals surface area contributed by atoms with Gasteiger partial charge in [0.2, 0.25) is 5.91 Å². The lowest BCUT2D eigenvalue weighted by Gasteiger charge is -2.50. The van der Waals surface area contributed by atoms with Crippen LogP contribution in [0.5, 0.6) is 0 Å². The molecule has 0 radical (unpaired) electrons. The van der Waals surface area contributed by atoms with Crippen LogP contribution in [0.15, 0.2) is 24.3 Å². The lowest BCUT2D eigenvalue weighted by Crippen LogP contribution is -2.50. The standard InChI is InChI=1S/C25H34N2O3/c1-18(25-14-11-19(12-15-25)13-16-25)26-22(28)10-4-2-3-7-17-27-23(29)20-8-5-6-9-21(20)24(27)30/h5-6,8-9,18-19H,2-4,7,10-17H2,1H3,(H,26,28)/t18-,19?,25?/m0/s1. The number of nitrogens with one attached hydrogen (secondary N) is 1. The molecule has 1 heterocycles. The van der Waals surface area contributed by atoms with Crippen molar-refractivity contribution in [1.82, 2.24) is 10.2 Å². The number of carbonyl (C=O) groups is 3. The van der Waals surface area contributed by atoms with Crippen molar-refractivity contribution in [3.8, 4) is 0 Å². The average Bonchev–Trinajstić information content (AvgIpc) is 3.02. The van der Waals surface area contributed by atoms with Crippen molar-refractivity contribution in [3.63, 3.8) is 0 Å². The Morgan fingerprint density at radius 3 is 2.17 bits per heavy atom. The molecule has 30 heavy (non-hydrogen) atoms. The largest absolute Gasteiger partial charge is 0.353 e. The summed E-state index contributed by atoms with van der Waals surface area (Å²) in [6.07, 6.45) is 11.9. The third-order valence-electron chi connectivity index (χ3n) is 7.86. The molecule has 5 heteroatoms. The second kappa shape index (κ2) is 8.91. The van der Waals surface area contributed by atoms with E-state index in [1.807, 2.05) is 0 Å². The van der Waals surface area contributed by atoms with Crippen LogP contribution < -0.4 is 5.32 Å². The number of amides is 3. The fourth-order valence-electron chi connectivity index (χ4n) is 5.75. The molecule has 1 aromatic carbocycles. The molecule has 0 spiro atoms. The van der Waals surface area contributed by atoms with Gasteiger partial charge < -0.3 is 5.32 Å². The number of unbranched alkanes of at least 4 members (excludes halogenated alkanes) is 3. The van der Waals surface area contributed by atoms with Gasteiger partial charge in [-0.3, -0.25) is 19.3 Å². The van der Waals surface area contributed by atoms with Gasteiger partial charge in [-0.15, -0.1) is 0 Å². The number of benzene rings is 1. The van der Waals surface area contributed by atoms with Crippen molar-refractivity contribution in [2.45, 2.75) is 83.6 Å². The van der Waals surface area contributed by atoms with Gasteiger partial charge >= 0.3 is 0 Å². The molecule has 1 atom stereocenters. The van der Waals surface area contributed by atoms with Gasteiger partial charge in [-0.05, 0) is 81.8 Å². The molecule has 0 aromatic heterocycles. The lowest BCUT2D eigenvalue weighted by atomic mass is 9.58. The smallest absolute Gasteiger partial charge is 0.261 e. The number of hydrogen-bond acceptors (Lipinski definition) is 3. The molecule has 3 fully saturated rings. The topological polar surface area (TPSA) is 66.5 Å². The summed E-state index contributed by atoms with van der Waals surface area (Å²) in [4.78, 5) is 38.5. The van der Waals surface area contributed by atoms with Crippen LogP contribution in [0, 0.1) is 11.3 Å². The van der Waals surface area contributed by atoms with Crippen LogP contribution >= 0.6 is 0 Å². The van der Waals surface area contributed by atoms with Crippen LogP contribution in [0.2, 0.25) is 0 Å². The van der Waals surface area contributed by atoms with Crippen molar-refractivity contribution in [1.29, 1.82) is 0 Å². The van der Waals surface area contributed by atoms with Crippen molar-refractivity contribution >= 4 is 17.7 Å². The molecule has 1 aromatic rings. The Bertz CT molecular complexity index is 762. The average molecular weight is 411 g/mol. The molecule has 5 rings (SSSR count). The molecular formula is C25H34N2O3. The minimum Gasteiger partial charge on any atom is -0.353 e. The number of rotatable bonds is 9. The van der Waals surface area contributed by atoms with Gasteiger partial charge in [0, 0.05) is 19.0 Å². The number of imide groups is 1. The Morgan fingerprint density at radius 2 is 1.57 bits per heavy atom. The maximum atomic E-state index is 12.4. The Labute approximate surface area is 179 Å². The van der Waals surface area contributed by atoms with Gasteiger partial charge in [0.05, 0.1) is 11.1 Å². The molecule has 2 bridgehead atoms. The summed E-state index contributed by atoms with van der Waals surface area (Å²) >= 11 is 0. The van der Waals surface area contributed by atoms with E-state index >= 15 is 0 Å². The molecule has 3 amide bonds. The summed E-state index contributed by atoms with van der Waals surface area (Å²) in [6, 6.07) is 7.29. The van der Waals surface area contributed by atoms with E-state index in [0.717, 1.165) is 31.6 Å². The molecule has 0 saturated heterocycles. The fourth-order valence-corrected chi connectivity index (χ4v) is 5.75. The number of nitrogens with zero attached hydrogens (tertiary/aromatic N) is 1. The Morgan fingerprint density at radius 1 is 1.00 bits per heavy atom. The van der Waals surface area contributed by atoms with E-state index in [0.29, 0.717) is 29.5 Å². The first-order chi connectivity index (χ1) is 14.5. The Kier molecular flexibility index (Phi) is 6.26. The van der Waals surface area contributed by atoms with Crippen molar-refractivity contribution < 1.29 is 14.4 Å². The third-order valence-corrected chi connectivity index (χ3v) is 7.86. The maximum absolute atomic E-state index is 12.4. The number of fused-ring (bicyclic) bond motifs is 4. The van der Waals surface area contributed by atoms with Crippen molar-refractivity contribution in [2.75, 3.05) is 6.54 Å². The van der Waals surface area contributed by atoms with Gasteiger partial charge in [0.25, 0.3) is 11.8 Å². The number of carbonyl (C=O) groups excluding carboxylic acids is 3. The van der Waals surface area contributed by atoms with Crippen LogP contribution in [-0.4, -0.2) is 35.2 Å². The Hall–Kier alpha value is -2.17. The highest BCUT2D eigenvalue weighted by Crippen LogP contribution is 2.52. The monoisotopic (exact) mass is 410 g/mol. The summed E-state index contributed by atoms with van der Waals surface area (Å²) in [7, 11) is 0. The molecule has 1 N–H and O–H groups in total. The third kappa shape index (κ3) is 4.17. The highest BCUT2D eigenvalue weighted by molar-refractivity contribution is 6.21. The van der Waals surface area contributed by atoms with Crippen LogP contribution in [-0.2, 0) is 4.79 Å². The van der Waals surface area contributed by atoms with Gasteiger partial charge in [0.15, 0.2) is 0 Å². The molecule has 3 aliphatic carbocycles. The highest BCUT2D eigenvalue weighted by Gasteiger charge is 2.44. The summed E-state index contributed by atoms with van der Waals surface area (Å²) in [6.45, 7) is 2.66. The van der Waals surface area contributed by atoms with Crippen molar-refractivity contribution in [3.05, 3.63) is 35.4 Å². The molecule has 1 aliphatic heterocycles. The summed E-state index contributed by atoms with van der Waals surface area (Å²) in [5.41, 5.74) is 1.37. The normalized spacial score (nSPS) is 26.0. The molecule has 3 saturated carbocycles. The zero-order chi connectivity index (χ0) is 21.1. The maximum Gasteiger partial charge on any atom is 0.261 e. The van der Waals surface area contributed by atoms with E-state index in [1.54, 1.807) is 24.3 Å². The van der Waals surface area contributed by atoms with E-state index in [4.69, 9.17) is 0 Å². The first-order valence-corrected chi connectivity index (χ1v) is 11.7. The predicted octanol–water partition coefficient (Wildman–Crippen LogP) is 4.71. The van der Waals surface area contributed by atoms with E-state index in [9.17, 15) is 14.4 Å². The molecular weight excluding hydrogens is 376 g/mol. The van der Waals surface area contributed by atoms with Gasteiger partial charge in [-0.2, -0.15) is 0 Å². The SMILES string of the molecule is C[C@H](NC(=O)CCCCCCN1C(=O)c2ccccc2C1=O)C12CCC(CC1)CC2. The lowest BCUT2D eigenvalue weighted by molar-refractivity contribution is -0.123. The van der Waals surface area contributed by atoms with Crippen LogP contribution in [0.1, 0.15) is 98.3 Å². The van der Waals surface area contributed by atoms with Gasteiger partial charge in [0.1, 0.15) is 0 Å². The van der Waals surface area contributed by atoms with Gasteiger partial charge in [-0.1, -0.05) is 25.0 Å². The van der Waals surface area contributed by atoms with Gasteiger partial charge in [-0.25, -0.2) is 0 Å². The van der Waals surface area contributed by atoms with Crippen molar-refractivity contribution in [2.24, 2.45) is 11.3 Å². The molecule has 5 nitrogen and oxygen atoms in total. The minimum atomic E-state index is -0.180. The second-order valence-electron chi connectivity index (χ2n) is 9.61. The Balaban J connectivity index is 1.12. The summed E-state index contributed by atoms with van der Waals surface area (Å²) in [5.74, 6) is 0.750. The molecule has 162 valence electrons. The quantitative estimate of drug-likeness (QED) is 0.474. The molecule has 0 unspecified atom stereocenters. The number of hydrogen-bond donors (Lipinski definition) is 1. The van der Waals surface area contributed by atoms with E-state index in [1.165, 1.54) is 43.4 Å². The minimum absolute atomic E-state index is 0.171. The van der Waals surface area contributed by atoms with Crippen LogP contribution in [0.25, 0.3) is 0 Å². The molecule has 4 aliphatic rings. The second-order valence-corrected chi connectivity index (χ2v) is 9.61. The summed E-state index contributed by atoms with van der Waals surface area (Å²) < 4.78 is 0. The first-order valence-electron chi connectivity index (χ1n) is 11.7. The summed E-state index contributed by atoms with van der Waals surface area (Å²) in [5, 5.41) is 3.29. The fraction of sp³-hybridized carbons (Fsp3) is 0.640. The predicted molar refractivity (Wildman–Crippen MR) is 116 cm³/mol. The zero-order valence-corrected chi connectivity index (χ0v) is 18.1. The van der Waals surface area contributed by atoms with E-state index < -0.39 is 0 Å². The van der Waals surface area contributed by atoms with E-state index in [2.05, 4.69) is 12.2 Å². The zero-order valence-electron chi connectivity index (χ0n) is 18.1. The highest BCUT2D eigenvalue weighted by atomic mass is 16.2. The first kappa shape index (κ1) is 21.1. The van der Waals surface area contributed by atoms with E-state index in [-0.39, 0.29) is 23.8 Å². The van der Waals surface area contributed by atoms with Crippen LogP contribution in [0.3, 0.4) is 0 Å². The van der Waals surface area contributed by atoms with Crippen LogP contribution in [0.4, 0.5) is 0 Å².